The van der Waals surface area contributed by atoms with E-state index in [2.05, 4.69) is 23.3 Å². The van der Waals surface area contributed by atoms with Crippen molar-refractivity contribution < 1.29 is 0 Å². The Morgan fingerprint density at radius 1 is 1.67 bits per heavy atom. The zero-order valence-corrected chi connectivity index (χ0v) is 5.94. The Kier molecular flexibility index (Phi) is 1.88. The first-order valence-corrected chi connectivity index (χ1v) is 3.25. The third-order valence-corrected chi connectivity index (χ3v) is 1.41. The Bertz CT molecular complexity index is 156. The average Bonchev–Trinajstić information content (AvgIpc) is 1.88. The van der Waals surface area contributed by atoms with Gasteiger partial charge in [0.1, 0.15) is 5.82 Å². The number of hydrogen-bond acceptors (Lipinski definition) is 2. The fourth-order valence-electron chi connectivity index (χ4n) is 0.883. The zero-order valence-electron chi connectivity index (χ0n) is 5.94. The zero-order chi connectivity index (χ0) is 6.69. The number of nitrogens with one attached hydrogen (secondary N) is 1. The molecule has 2 heteroatoms. The van der Waals surface area contributed by atoms with E-state index in [4.69, 9.17) is 0 Å². The summed E-state index contributed by atoms with van der Waals surface area (Å²) >= 11 is 0. The first-order valence-electron chi connectivity index (χ1n) is 3.25. The molecule has 0 bridgehead atoms. The lowest BCUT2D eigenvalue weighted by Crippen LogP contribution is -2.09. The Balaban J connectivity index is 2.63. The average molecular weight is 124 g/mol. The second-order valence-electron chi connectivity index (χ2n) is 2.23. The first-order chi connectivity index (χ1) is 4.33. The normalized spacial score (nSPS) is 18.4. The third-order valence-electron chi connectivity index (χ3n) is 1.41. The molecule has 1 N–H and O–H groups in total. The number of aliphatic imine (C=N–C) groups is 1. The summed E-state index contributed by atoms with van der Waals surface area (Å²) in [4.78, 5) is 4.27. The van der Waals surface area contributed by atoms with Gasteiger partial charge in [0.2, 0.25) is 0 Å². The molecule has 0 saturated heterocycles. The van der Waals surface area contributed by atoms with Gasteiger partial charge in [0, 0.05) is 12.8 Å². The Morgan fingerprint density at radius 3 is 2.89 bits per heavy atom. The van der Waals surface area contributed by atoms with Crippen LogP contribution in [0.15, 0.2) is 16.9 Å². The quantitative estimate of drug-likeness (QED) is 0.560. The van der Waals surface area contributed by atoms with Crippen LogP contribution in [0.3, 0.4) is 0 Å². The van der Waals surface area contributed by atoms with Crippen molar-refractivity contribution in [3.8, 4) is 0 Å². The summed E-state index contributed by atoms with van der Waals surface area (Å²) in [7, 11) is 1.90. The van der Waals surface area contributed by atoms with Crippen molar-refractivity contribution in [2.75, 3.05) is 7.05 Å². The maximum atomic E-state index is 4.27. The molecule has 1 aliphatic rings. The van der Waals surface area contributed by atoms with E-state index >= 15 is 0 Å². The van der Waals surface area contributed by atoms with Gasteiger partial charge in [0.25, 0.3) is 0 Å². The lowest BCUT2D eigenvalue weighted by molar-refractivity contribution is 0.899. The predicted molar refractivity (Wildman–Crippen MR) is 39.5 cm³/mol. The summed E-state index contributed by atoms with van der Waals surface area (Å²) in [5, 5.41) is 3.01. The monoisotopic (exact) mass is 124 g/mol. The van der Waals surface area contributed by atoms with Crippen molar-refractivity contribution in [2.45, 2.75) is 19.8 Å². The maximum Gasteiger partial charge on any atom is 0.121 e. The van der Waals surface area contributed by atoms with E-state index in [1.165, 1.54) is 5.71 Å². The summed E-state index contributed by atoms with van der Waals surface area (Å²) in [6, 6.07) is 0. The summed E-state index contributed by atoms with van der Waals surface area (Å²) in [5.74, 6) is 1.01. The molecule has 0 amide bonds. The number of hydrogen-bond donors (Lipinski definition) is 1. The molecular formula is C7H12N2. The molecule has 0 aromatic carbocycles. The first kappa shape index (κ1) is 6.33. The van der Waals surface area contributed by atoms with Crippen LogP contribution in [-0.2, 0) is 0 Å². The van der Waals surface area contributed by atoms with Gasteiger partial charge in [0.05, 0.1) is 0 Å². The van der Waals surface area contributed by atoms with Crippen LogP contribution in [-0.4, -0.2) is 12.8 Å². The summed E-state index contributed by atoms with van der Waals surface area (Å²) in [6.07, 6.45) is 4.36. The molecule has 0 unspecified atom stereocenters. The molecule has 0 aromatic rings. The van der Waals surface area contributed by atoms with Crippen molar-refractivity contribution >= 4 is 5.71 Å². The second kappa shape index (κ2) is 2.67. The number of nitrogens with zero attached hydrogens (tertiary/aromatic N) is 1. The standard InChI is InChI=1S/C7H12N2/c1-6-4-3-5-7(8-2)9-6/h5,8H,3-4H2,1-2H3. The van der Waals surface area contributed by atoms with Crippen molar-refractivity contribution in [2.24, 2.45) is 4.99 Å². The lowest BCUT2D eigenvalue weighted by atomic mass is 10.2. The van der Waals surface area contributed by atoms with E-state index in [1.807, 2.05) is 7.05 Å². The summed E-state index contributed by atoms with van der Waals surface area (Å²) in [6.45, 7) is 2.06. The van der Waals surface area contributed by atoms with Crippen molar-refractivity contribution in [1.29, 1.82) is 0 Å². The maximum absolute atomic E-state index is 4.27. The van der Waals surface area contributed by atoms with Crippen LogP contribution in [0.1, 0.15) is 19.8 Å². The molecule has 0 spiro atoms. The van der Waals surface area contributed by atoms with Gasteiger partial charge in [0.15, 0.2) is 0 Å². The van der Waals surface area contributed by atoms with Crippen LogP contribution < -0.4 is 5.32 Å². The minimum atomic E-state index is 1.01. The molecule has 0 aliphatic carbocycles. The summed E-state index contributed by atoms with van der Waals surface area (Å²) in [5.41, 5.74) is 1.22. The third kappa shape index (κ3) is 1.56. The van der Waals surface area contributed by atoms with Crippen LogP contribution >= 0.6 is 0 Å². The molecule has 1 heterocycles. The molecule has 1 aliphatic heterocycles. The van der Waals surface area contributed by atoms with Gasteiger partial charge in [-0.1, -0.05) is 0 Å². The van der Waals surface area contributed by atoms with Crippen LogP contribution in [0, 0.1) is 0 Å². The van der Waals surface area contributed by atoms with Crippen LogP contribution in [0.2, 0.25) is 0 Å². The fraction of sp³-hybridized carbons (Fsp3) is 0.571. The molecule has 0 radical (unpaired) electrons. The van der Waals surface area contributed by atoms with Gasteiger partial charge in [-0.15, -0.1) is 0 Å². The molecular weight excluding hydrogens is 112 g/mol. The molecule has 1 rings (SSSR count). The highest BCUT2D eigenvalue weighted by Gasteiger charge is 1.98. The van der Waals surface area contributed by atoms with Crippen molar-refractivity contribution in [3.05, 3.63) is 11.9 Å². The molecule has 0 aromatic heterocycles. The van der Waals surface area contributed by atoms with E-state index in [0.717, 1.165) is 18.7 Å². The highest BCUT2D eigenvalue weighted by atomic mass is 15.0. The predicted octanol–water partition coefficient (Wildman–Crippen LogP) is 1.30. The smallest absolute Gasteiger partial charge is 0.121 e. The Hall–Kier alpha value is -0.790. The van der Waals surface area contributed by atoms with Crippen molar-refractivity contribution in [1.82, 2.24) is 5.32 Å². The van der Waals surface area contributed by atoms with Crippen LogP contribution in [0.4, 0.5) is 0 Å². The number of allylic oxidation sites excluding steroid dienone is 1. The SMILES string of the molecule is CNC1=CCCC(C)=N1. The van der Waals surface area contributed by atoms with Gasteiger partial charge in [-0.3, -0.25) is 0 Å². The van der Waals surface area contributed by atoms with E-state index in [9.17, 15) is 0 Å². The molecule has 0 fully saturated rings. The minimum Gasteiger partial charge on any atom is -0.373 e. The van der Waals surface area contributed by atoms with Gasteiger partial charge >= 0.3 is 0 Å². The lowest BCUT2D eigenvalue weighted by Gasteiger charge is -2.07. The highest BCUT2D eigenvalue weighted by molar-refractivity contribution is 5.83. The molecule has 9 heavy (non-hydrogen) atoms. The molecule has 0 saturated carbocycles. The van der Waals surface area contributed by atoms with E-state index < -0.39 is 0 Å². The minimum absolute atomic E-state index is 1.01. The fourth-order valence-corrected chi connectivity index (χ4v) is 0.883. The molecule has 50 valence electrons. The van der Waals surface area contributed by atoms with Crippen LogP contribution in [0.5, 0.6) is 0 Å². The van der Waals surface area contributed by atoms with E-state index in [1.54, 1.807) is 0 Å². The van der Waals surface area contributed by atoms with E-state index in [0.29, 0.717) is 0 Å². The number of rotatable bonds is 1. The summed E-state index contributed by atoms with van der Waals surface area (Å²) < 4.78 is 0. The molecule has 2 nitrogen and oxygen atoms in total. The Labute approximate surface area is 55.7 Å². The highest BCUT2D eigenvalue weighted by Crippen LogP contribution is 2.06. The second-order valence-corrected chi connectivity index (χ2v) is 2.23. The largest absolute Gasteiger partial charge is 0.373 e. The molecule has 0 atom stereocenters. The Morgan fingerprint density at radius 2 is 2.44 bits per heavy atom. The van der Waals surface area contributed by atoms with Gasteiger partial charge < -0.3 is 5.32 Å². The van der Waals surface area contributed by atoms with Crippen molar-refractivity contribution in [3.63, 3.8) is 0 Å². The van der Waals surface area contributed by atoms with Gasteiger partial charge in [-0.25, -0.2) is 4.99 Å². The van der Waals surface area contributed by atoms with E-state index in [-0.39, 0.29) is 0 Å². The van der Waals surface area contributed by atoms with Crippen LogP contribution in [0.25, 0.3) is 0 Å². The van der Waals surface area contributed by atoms with Gasteiger partial charge in [-0.05, 0) is 25.8 Å². The van der Waals surface area contributed by atoms with Gasteiger partial charge in [-0.2, -0.15) is 0 Å². The topological polar surface area (TPSA) is 24.4 Å².